The van der Waals surface area contributed by atoms with Crippen molar-refractivity contribution in [3.63, 3.8) is 0 Å². The van der Waals surface area contributed by atoms with Crippen LogP contribution in [0.2, 0.25) is 0 Å². The Kier molecular flexibility index (Phi) is 6.72. The number of hydrogen-bond acceptors (Lipinski definition) is 4. The van der Waals surface area contributed by atoms with Crippen LogP contribution in [0.5, 0.6) is 0 Å². The number of hydrogen-bond donors (Lipinski definition) is 1. The number of carbonyl (C=O) groups excluding carboxylic acids is 2. The van der Waals surface area contributed by atoms with Gasteiger partial charge in [-0.25, -0.2) is 0 Å². The molecule has 1 unspecified atom stereocenters. The summed E-state index contributed by atoms with van der Waals surface area (Å²) in [6, 6.07) is -0.295. The average molecular weight is 230 g/mol. The number of likely N-dealkylation sites (N-methyl/N-ethyl adjacent to an activating group) is 1. The summed E-state index contributed by atoms with van der Waals surface area (Å²) in [6.45, 7) is 7.81. The van der Waals surface area contributed by atoms with Gasteiger partial charge in [0, 0.05) is 13.1 Å². The Labute approximate surface area is 97.1 Å². The largest absolute Gasteiger partial charge is 0.465 e. The molecular weight excluding hydrogens is 208 g/mol. The van der Waals surface area contributed by atoms with Gasteiger partial charge in [0.15, 0.2) is 0 Å². The van der Waals surface area contributed by atoms with E-state index in [-0.39, 0.29) is 24.5 Å². The molecule has 0 saturated carbocycles. The average Bonchev–Trinajstić information content (AvgIpc) is 2.24. The molecule has 0 rings (SSSR count). The van der Waals surface area contributed by atoms with Crippen molar-refractivity contribution in [3.8, 4) is 0 Å². The summed E-state index contributed by atoms with van der Waals surface area (Å²) in [5.41, 5.74) is 0. The van der Waals surface area contributed by atoms with Gasteiger partial charge in [-0.1, -0.05) is 0 Å². The molecule has 1 N–H and O–H groups in total. The van der Waals surface area contributed by atoms with Crippen molar-refractivity contribution in [2.75, 3.05) is 20.2 Å². The second kappa shape index (κ2) is 7.22. The molecule has 0 aromatic heterocycles. The highest BCUT2D eigenvalue weighted by molar-refractivity contribution is 5.80. The van der Waals surface area contributed by atoms with Gasteiger partial charge in [0.1, 0.15) is 6.04 Å². The zero-order chi connectivity index (χ0) is 12.7. The van der Waals surface area contributed by atoms with Crippen molar-refractivity contribution >= 4 is 11.9 Å². The first-order valence-corrected chi connectivity index (χ1v) is 5.55. The summed E-state index contributed by atoms with van der Waals surface area (Å²) in [4.78, 5) is 24.5. The predicted molar refractivity (Wildman–Crippen MR) is 62.0 cm³/mol. The molecular formula is C11H22N2O3. The first-order chi connectivity index (χ1) is 7.40. The number of esters is 1. The molecule has 0 heterocycles. The molecule has 0 aliphatic carbocycles. The molecule has 0 fully saturated rings. The van der Waals surface area contributed by atoms with Crippen LogP contribution in [0.25, 0.3) is 0 Å². The maximum atomic E-state index is 11.6. The summed E-state index contributed by atoms with van der Waals surface area (Å²) in [5, 5.41) is 2.84. The fourth-order valence-corrected chi connectivity index (χ4v) is 1.00. The second-order valence-electron chi connectivity index (χ2n) is 3.95. The lowest BCUT2D eigenvalue weighted by Gasteiger charge is -2.22. The Morgan fingerprint density at radius 2 is 1.88 bits per heavy atom. The Bertz CT molecular complexity index is 241. The molecule has 0 aromatic rings. The van der Waals surface area contributed by atoms with Crippen LogP contribution in [-0.4, -0.2) is 49.1 Å². The van der Waals surface area contributed by atoms with Crippen LogP contribution in [-0.2, 0) is 14.3 Å². The van der Waals surface area contributed by atoms with Crippen molar-refractivity contribution in [1.82, 2.24) is 10.2 Å². The van der Waals surface area contributed by atoms with E-state index in [0.717, 1.165) is 0 Å². The Hall–Kier alpha value is -1.10. The van der Waals surface area contributed by atoms with Crippen LogP contribution < -0.4 is 5.32 Å². The number of amides is 1. The molecule has 0 aliphatic rings. The number of nitrogens with one attached hydrogen (secondary N) is 1. The molecule has 0 bridgehead atoms. The molecule has 5 heteroatoms. The molecule has 0 spiro atoms. The Balaban J connectivity index is 3.96. The van der Waals surface area contributed by atoms with E-state index >= 15 is 0 Å². The van der Waals surface area contributed by atoms with Crippen molar-refractivity contribution in [3.05, 3.63) is 0 Å². The topological polar surface area (TPSA) is 58.6 Å². The highest BCUT2D eigenvalue weighted by Crippen LogP contribution is 1.94. The zero-order valence-corrected chi connectivity index (χ0v) is 10.7. The summed E-state index contributed by atoms with van der Waals surface area (Å²) in [6.07, 6.45) is 0. The normalized spacial score (nSPS) is 12.4. The number of carbonyl (C=O) groups is 2. The van der Waals surface area contributed by atoms with Gasteiger partial charge >= 0.3 is 5.97 Å². The lowest BCUT2D eigenvalue weighted by Crippen LogP contribution is -2.44. The third-order valence-electron chi connectivity index (χ3n) is 2.37. The van der Waals surface area contributed by atoms with Crippen LogP contribution >= 0.6 is 0 Å². The van der Waals surface area contributed by atoms with Gasteiger partial charge in [0.2, 0.25) is 5.91 Å². The fraction of sp³-hybridized carbons (Fsp3) is 0.818. The van der Waals surface area contributed by atoms with Gasteiger partial charge in [0.25, 0.3) is 0 Å². The van der Waals surface area contributed by atoms with Crippen molar-refractivity contribution in [1.29, 1.82) is 0 Å². The van der Waals surface area contributed by atoms with Gasteiger partial charge in [-0.2, -0.15) is 0 Å². The minimum absolute atomic E-state index is 0.0360. The van der Waals surface area contributed by atoms with E-state index in [9.17, 15) is 9.59 Å². The smallest absolute Gasteiger partial charge is 0.322 e. The highest BCUT2D eigenvalue weighted by Gasteiger charge is 2.17. The van der Waals surface area contributed by atoms with Crippen LogP contribution in [0.4, 0.5) is 0 Å². The minimum atomic E-state index is -0.454. The fourth-order valence-electron chi connectivity index (χ4n) is 1.00. The third kappa shape index (κ3) is 5.11. The summed E-state index contributed by atoms with van der Waals surface area (Å²) in [5.74, 6) is -0.367. The van der Waals surface area contributed by atoms with E-state index in [1.807, 2.05) is 13.8 Å². The third-order valence-corrected chi connectivity index (χ3v) is 2.37. The predicted octanol–water partition coefficient (Wildman–Crippen LogP) is 0.394. The van der Waals surface area contributed by atoms with Gasteiger partial charge in [-0.05, 0) is 27.7 Å². The van der Waals surface area contributed by atoms with Gasteiger partial charge in [-0.15, -0.1) is 0 Å². The maximum Gasteiger partial charge on any atom is 0.322 e. The second-order valence-corrected chi connectivity index (χ2v) is 3.95. The van der Waals surface area contributed by atoms with Crippen molar-refractivity contribution in [2.45, 2.75) is 39.8 Å². The summed E-state index contributed by atoms with van der Waals surface area (Å²) >= 11 is 0. The Morgan fingerprint density at radius 3 is 2.31 bits per heavy atom. The van der Waals surface area contributed by atoms with Crippen LogP contribution in [0.3, 0.4) is 0 Å². The first kappa shape index (κ1) is 14.9. The molecule has 1 atom stereocenters. The minimum Gasteiger partial charge on any atom is -0.465 e. The number of rotatable bonds is 6. The molecule has 0 saturated heterocycles. The van der Waals surface area contributed by atoms with Gasteiger partial charge in [-0.3, -0.25) is 14.9 Å². The quantitative estimate of drug-likeness (QED) is 0.671. The van der Waals surface area contributed by atoms with Crippen molar-refractivity contribution < 1.29 is 14.3 Å². The van der Waals surface area contributed by atoms with Crippen LogP contribution in [0, 0.1) is 0 Å². The number of nitrogens with zero attached hydrogens (tertiary/aromatic N) is 1. The molecule has 16 heavy (non-hydrogen) atoms. The zero-order valence-electron chi connectivity index (χ0n) is 10.7. The SMILES string of the molecule is CCOC(=O)C(C)NCC(=O)N(C)C(C)C. The maximum absolute atomic E-state index is 11.6. The Morgan fingerprint density at radius 1 is 1.31 bits per heavy atom. The molecule has 0 aliphatic heterocycles. The lowest BCUT2D eigenvalue weighted by molar-refractivity contribution is -0.145. The van der Waals surface area contributed by atoms with Gasteiger partial charge < -0.3 is 9.64 Å². The molecule has 5 nitrogen and oxygen atoms in total. The van der Waals surface area contributed by atoms with E-state index in [4.69, 9.17) is 4.74 Å². The standard InChI is InChI=1S/C11H22N2O3/c1-6-16-11(15)9(4)12-7-10(14)13(5)8(2)3/h8-9,12H,6-7H2,1-5H3. The van der Waals surface area contributed by atoms with Crippen LogP contribution in [0.15, 0.2) is 0 Å². The van der Waals surface area contributed by atoms with E-state index in [2.05, 4.69) is 5.32 Å². The van der Waals surface area contributed by atoms with Crippen molar-refractivity contribution in [2.24, 2.45) is 0 Å². The van der Waals surface area contributed by atoms with E-state index < -0.39 is 6.04 Å². The monoisotopic (exact) mass is 230 g/mol. The van der Waals surface area contributed by atoms with E-state index in [1.54, 1.807) is 25.8 Å². The molecule has 1 amide bonds. The first-order valence-electron chi connectivity index (χ1n) is 5.55. The van der Waals surface area contributed by atoms with Gasteiger partial charge in [0.05, 0.1) is 13.2 Å². The highest BCUT2D eigenvalue weighted by atomic mass is 16.5. The summed E-state index contributed by atoms with van der Waals surface area (Å²) < 4.78 is 4.82. The van der Waals surface area contributed by atoms with E-state index in [0.29, 0.717) is 6.61 Å². The number of ether oxygens (including phenoxy) is 1. The molecule has 0 aromatic carbocycles. The summed E-state index contributed by atoms with van der Waals surface area (Å²) in [7, 11) is 1.74. The van der Waals surface area contributed by atoms with E-state index in [1.165, 1.54) is 0 Å². The van der Waals surface area contributed by atoms with Crippen LogP contribution in [0.1, 0.15) is 27.7 Å². The molecule has 0 radical (unpaired) electrons. The molecule has 94 valence electrons. The lowest BCUT2D eigenvalue weighted by atomic mass is 10.3.